The maximum atomic E-state index is 15.5. The second kappa shape index (κ2) is 15.1. The van der Waals surface area contributed by atoms with Crippen molar-refractivity contribution in [2.75, 3.05) is 11.0 Å². The molecule has 0 unspecified atom stereocenters. The molecule has 1 saturated carbocycles. The number of amides is 1. The first-order chi connectivity index (χ1) is 30.1. The van der Waals surface area contributed by atoms with Crippen LogP contribution in [0.2, 0.25) is 5.02 Å². The number of carbonyl (C=O) groups is 1. The van der Waals surface area contributed by atoms with Gasteiger partial charge in [-0.05, 0) is 59.9 Å². The number of nitrogens with one attached hydrogen (secondary N) is 2. The van der Waals surface area contributed by atoms with Crippen molar-refractivity contribution >= 4 is 55.2 Å². The molecule has 4 aromatic carbocycles. The van der Waals surface area contributed by atoms with Gasteiger partial charge in [-0.25, -0.2) is 44.1 Å². The maximum Gasteiger partial charge on any atom is 0.293 e. The van der Waals surface area contributed by atoms with Gasteiger partial charge in [0.2, 0.25) is 15.9 Å². The van der Waals surface area contributed by atoms with Crippen LogP contribution in [0, 0.1) is 35.0 Å². The molecule has 64 heavy (non-hydrogen) atoms. The van der Waals surface area contributed by atoms with Gasteiger partial charge in [-0.3, -0.25) is 28.2 Å². The number of hydrogen-bond donors (Lipinski definition) is 2. The van der Waals surface area contributed by atoms with Gasteiger partial charge in [0.05, 0.1) is 50.4 Å². The van der Waals surface area contributed by atoms with Crippen LogP contribution in [0.1, 0.15) is 53.1 Å². The van der Waals surface area contributed by atoms with Crippen molar-refractivity contribution in [3.63, 3.8) is 0 Å². The minimum atomic E-state index is -3.98. The molecule has 332 valence electrons. The number of sulfonamides is 1. The lowest BCUT2D eigenvalue weighted by molar-refractivity contribution is -0.123. The number of alkyl halides is 4. The molecule has 3 atom stereocenters. The number of halogens is 10. The maximum absolute atomic E-state index is 15.5. The lowest BCUT2D eigenvalue weighted by Gasteiger charge is -2.24. The summed E-state index contributed by atoms with van der Waals surface area (Å²) in [5, 5.41) is 10.1. The van der Waals surface area contributed by atoms with Gasteiger partial charge in [-0.2, -0.15) is 19.0 Å². The third kappa shape index (κ3) is 7.30. The molecule has 0 radical (unpaired) electrons. The Morgan fingerprint density at radius 3 is 2.28 bits per heavy atom. The van der Waals surface area contributed by atoms with Crippen LogP contribution in [-0.2, 0) is 40.8 Å². The summed E-state index contributed by atoms with van der Waals surface area (Å²) in [6.07, 6.45) is -3.09. The highest BCUT2D eigenvalue weighted by molar-refractivity contribution is 7.92. The van der Waals surface area contributed by atoms with E-state index in [1.54, 1.807) is 0 Å². The highest BCUT2D eigenvalue weighted by atomic mass is 35.5. The van der Waals surface area contributed by atoms with Gasteiger partial charge >= 0.3 is 0 Å². The fourth-order valence-corrected chi connectivity index (χ4v) is 9.29. The second-order valence-electron chi connectivity index (χ2n) is 15.5. The van der Waals surface area contributed by atoms with Crippen LogP contribution in [0.5, 0.6) is 0 Å². The predicted octanol–water partition coefficient (Wildman–Crippen LogP) is 8.10. The molecule has 1 amide bonds. The van der Waals surface area contributed by atoms with Gasteiger partial charge in [-0.15, -0.1) is 0 Å². The van der Waals surface area contributed by atoms with Crippen LogP contribution in [0.25, 0.3) is 38.6 Å². The number of nitrogens with zero attached hydrogens (tertiary/aromatic N) is 6. The van der Waals surface area contributed by atoms with Gasteiger partial charge in [-0.1, -0.05) is 17.7 Å². The van der Waals surface area contributed by atoms with Crippen LogP contribution < -0.4 is 15.6 Å². The molecule has 1 fully saturated rings. The molecule has 2 aliphatic carbocycles. The zero-order valence-electron chi connectivity index (χ0n) is 32.7. The number of hydrogen-bond acceptors (Lipinski definition) is 7. The molecule has 23 heteroatoms. The van der Waals surface area contributed by atoms with Gasteiger partial charge in [0.1, 0.15) is 52.8 Å². The molecule has 0 aliphatic heterocycles. The minimum absolute atomic E-state index is 0.00969. The van der Waals surface area contributed by atoms with Gasteiger partial charge in [0, 0.05) is 43.1 Å². The first-order valence-electron chi connectivity index (χ1n) is 19.0. The Morgan fingerprint density at radius 2 is 1.62 bits per heavy atom. The molecule has 0 saturated heterocycles. The summed E-state index contributed by atoms with van der Waals surface area (Å²) in [6, 6.07) is 7.42. The molecule has 9 rings (SSSR count). The summed E-state index contributed by atoms with van der Waals surface area (Å²) < 4.78 is 162. The Bertz CT molecular complexity index is 3280. The number of rotatable bonds is 11. The van der Waals surface area contributed by atoms with Crippen LogP contribution >= 0.6 is 11.6 Å². The number of fused-ring (bicyclic) bond motifs is 5. The first-order valence-corrected chi connectivity index (χ1v) is 21.2. The third-order valence-corrected chi connectivity index (χ3v) is 12.0. The quantitative estimate of drug-likeness (QED) is 0.125. The van der Waals surface area contributed by atoms with Gasteiger partial charge in [0.25, 0.3) is 17.9 Å². The van der Waals surface area contributed by atoms with E-state index >= 15 is 17.6 Å². The summed E-state index contributed by atoms with van der Waals surface area (Å²) in [7, 11) is -2.61. The lowest BCUT2D eigenvalue weighted by atomic mass is 10.0. The monoisotopic (exact) mass is 934 g/mol. The topological polar surface area (TPSA) is 146 Å². The van der Waals surface area contributed by atoms with E-state index < -0.39 is 117 Å². The van der Waals surface area contributed by atoms with E-state index in [4.69, 9.17) is 11.6 Å². The van der Waals surface area contributed by atoms with E-state index in [2.05, 4.69) is 25.2 Å². The molecular formula is C41H28ClF9N8O4S. The van der Waals surface area contributed by atoms with Crippen LogP contribution in [0.3, 0.4) is 0 Å². The third-order valence-electron chi connectivity index (χ3n) is 11.1. The summed E-state index contributed by atoms with van der Waals surface area (Å²) in [5.41, 5.74) is -4.61. The fourth-order valence-electron chi connectivity index (χ4n) is 8.55. The van der Waals surface area contributed by atoms with Crippen molar-refractivity contribution in [3.05, 3.63) is 133 Å². The number of benzene rings is 4. The molecule has 0 spiro atoms. The number of carbonyl (C=O) groups excluding carboxylic acids is 1. The Morgan fingerprint density at radius 1 is 0.953 bits per heavy atom. The molecule has 12 nitrogen and oxygen atoms in total. The van der Waals surface area contributed by atoms with E-state index in [0.717, 1.165) is 45.8 Å². The molecule has 2 aliphatic rings. The molecule has 3 heterocycles. The predicted molar refractivity (Wildman–Crippen MR) is 213 cm³/mol. The zero-order valence-corrected chi connectivity index (χ0v) is 34.3. The summed E-state index contributed by atoms with van der Waals surface area (Å²) in [5.74, 6) is -13.7. The van der Waals surface area contributed by atoms with Crippen molar-refractivity contribution in [1.82, 2.24) is 34.4 Å². The summed E-state index contributed by atoms with van der Waals surface area (Å²) in [6.45, 7) is -1.09. The Kier molecular flexibility index (Phi) is 10.1. The van der Waals surface area contributed by atoms with Crippen molar-refractivity contribution in [1.29, 1.82) is 0 Å². The molecule has 3 aromatic heterocycles. The number of aromatic nitrogens is 6. The standard InChI is InChI=1S/C41H28ClF9N8O4S/c1-57-35-29(6-5-24(42)33(35)38(55-57)56-64(2,62)63)59-39(53-27-10-17(3-4-21(27)40(59)61)31-25(46)12-20(45)13-26(31)47)28(9-16-7-18(43)11-19(44)8-16)52-30(60)15-58-36-32(34(54-58)37(48)49)22-14-23(22)41(36,50)51/h3-8,10-13,22-23,28,37H,9,14-15H2,1-2H3,(H,52,60)(H,55,56)/t22-,23+,28-/m0/s1. The van der Waals surface area contributed by atoms with E-state index in [1.165, 1.54) is 19.2 Å². The van der Waals surface area contributed by atoms with Crippen LogP contribution in [-0.4, -0.2) is 49.7 Å². The molecule has 7 aromatic rings. The van der Waals surface area contributed by atoms with Crippen LogP contribution in [0.4, 0.5) is 45.3 Å². The van der Waals surface area contributed by atoms with Crippen molar-refractivity contribution in [2.24, 2.45) is 13.0 Å². The van der Waals surface area contributed by atoms with Crippen LogP contribution in [0.15, 0.2) is 65.5 Å². The molecule has 2 N–H and O–H groups in total. The average molecular weight is 935 g/mol. The van der Waals surface area contributed by atoms with Crippen molar-refractivity contribution in [3.8, 4) is 16.8 Å². The minimum Gasteiger partial charge on any atom is -0.344 e. The van der Waals surface area contributed by atoms with E-state index in [-0.39, 0.29) is 61.4 Å². The largest absolute Gasteiger partial charge is 0.344 e. The van der Waals surface area contributed by atoms with Crippen molar-refractivity contribution in [2.45, 2.75) is 43.7 Å². The zero-order chi connectivity index (χ0) is 45.9. The Labute approximate surface area is 359 Å². The number of aryl methyl sites for hydroxylation is 1. The molecule has 0 bridgehead atoms. The van der Waals surface area contributed by atoms with Crippen molar-refractivity contribution < 1.29 is 52.7 Å². The SMILES string of the molecule is Cn1nc(NS(C)(=O)=O)c2c(Cl)ccc(-n3c([C@H](Cc4cc(F)cc(F)c4)NC(=O)Cn4nc(C(F)F)c5c4C(F)(F)[C@@H]4C[C@H]54)nc4cc(-c5c(F)cc(F)cc5F)ccc4c3=O)c21. The lowest BCUT2D eigenvalue weighted by Crippen LogP contribution is -2.38. The Hall–Kier alpha value is -6.42. The smallest absolute Gasteiger partial charge is 0.293 e. The average Bonchev–Trinajstić information content (AvgIpc) is 3.72. The number of anilines is 1. The summed E-state index contributed by atoms with van der Waals surface area (Å²) in [4.78, 5) is 33.7. The highest BCUT2D eigenvalue weighted by Gasteiger charge is 2.67. The highest BCUT2D eigenvalue weighted by Crippen LogP contribution is 2.68. The van der Waals surface area contributed by atoms with E-state index in [9.17, 15) is 40.0 Å². The van der Waals surface area contributed by atoms with Gasteiger partial charge in [0.15, 0.2) is 5.82 Å². The molecular weight excluding hydrogens is 907 g/mol. The summed E-state index contributed by atoms with van der Waals surface area (Å²) >= 11 is 6.58. The fraction of sp³-hybridized carbons (Fsp3) is 0.244. The van der Waals surface area contributed by atoms with Gasteiger partial charge < -0.3 is 5.32 Å². The Balaban J connectivity index is 1.27. The second-order valence-corrected chi connectivity index (χ2v) is 17.7. The van der Waals surface area contributed by atoms with E-state index in [0.29, 0.717) is 22.9 Å². The normalized spacial score (nSPS) is 17.0. The first kappa shape index (κ1) is 42.9. The van der Waals surface area contributed by atoms with E-state index in [1.807, 2.05) is 0 Å².